The van der Waals surface area contributed by atoms with Crippen LogP contribution in [0.5, 0.6) is 0 Å². The molecular weight excluding hydrogens is 442 g/mol. The van der Waals surface area contributed by atoms with Crippen molar-refractivity contribution in [3.63, 3.8) is 0 Å². The molecule has 5 N–H and O–H groups in total. The number of carbonyl (C=O) groups excluding carboxylic acids is 3. The lowest BCUT2D eigenvalue weighted by Crippen LogP contribution is -2.53. The molecule has 0 atom stereocenters. The minimum atomic E-state index is -0.589. The molecule has 0 saturated carbocycles. The van der Waals surface area contributed by atoms with Crippen molar-refractivity contribution >= 4 is 52.2 Å². The summed E-state index contributed by atoms with van der Waals surface area (Å²) in [6, 6.07) is 10.2. The summed E-state index contributed by atoms with van der Waals surface area (Å²) in [5.41, 5.74) is 13.6. The van der Waals surface area contributed by atoms with Crippen molar-refractivity contribution in [3.8, 4) is 0 Å². The first-order chi connectivity index (χ1) is 14.9. The van der Waals surface area contributed by atoms with Gasteiger partial charge in [-0.15, -0.1) is 16.9 Å². The van der Waals surface area contributed by atoms with E-state index in [9.17, 15) is 14.4 Å². The fourth-order valence-electron chi connectivity index (χ4n) is 3.21. The molecule has 10 nitrogen and oxygen atoms in total. The number of nitrogens with two attached hydrogens (primary N) is 1. The number of hydrogen-bond acceptors (Lipinski definition) is 7. The van der Waals surface area contributed by atoms with Gasteiger partial charge in [0.15, 0.2) is 0 Å². The molecule has 0 radical (unpaired) electrons. The lowest BCUT2D eigenvalue weighted by atomic mass is 10.2. The number of hydrazine groups is 2. The Balaban J connectivity index is 1.34. The van der Waals surface area contributed by atoms with E-state index in [-0.39, 0.29) is 18.4 Å². The minimum Gasteiger partial charge on any atom is -0.351 e. The third-order valence-corrected chi connectivity index (χ3v) is 6.06. The number of rotatable bonds is 5. The van der Waals surface area contributed by atoms with Crippen LogP contribution < -0.4 is 31.9 Å². The molecule has 0 bridgehead atoms. The molecule has 2 aromatic rings. The average Bonchev–Trinajstić information content (AvgIpc) is 3.41. The number of piperazine rings is 1. The molecule has 0 unspecified atom stereocenters. The van der Waals surface area contributed by atoms with Crippen LogP contribution >= 0.6 is 22.9 Å². The number of nitrogens with one attached hydrogen (secondary N) is 3. The fraction of sp³-hybridized carbons (Fsp3) is 0.211. The highest BCUT2D eigenvalue weighted by Crippen LogP contribution is 2.23. The molecular formula is C19H20ClN7O3S. The van der Waals surface area contributed by atoms with Crippen LogP contribution in [0, 0.1) is 0 Å². The van der Waals surface area contributed by atoms with Gasteiger partial charge in [0, 0.05) is 25.0 Å². The van der Waals surface area contributed by atoms with Crippen LogP contribution in [0.3, 0.4) is 0 Å². The maximum Gasteiger partial charge on any atom is 0.315 e. The molecule has 4 amide bonds. The first-order valence-electron chi connectivity index (χ1n) is 9.40. The third-order valence-electron chi connectivity index (χ3n) is 4.83. The summed E-state index contributed by atoms with van der Waals surface area (Å²) in [6.45, 7) is 1.08. The summed E-state index contributed by atoms with van der Waals surface area (Å²) in [4.78, 5) is 39.2. The first-order valence-corrected chi connectivity index (χ1v) is 10.6. The van der Waals surface area contributed by atoms with Crippen LogP contribution in [0.2, 0.25) is 4.34 Å². The normalized spacial score (nSPS) is 16.2. The van der Waals surface area contributed by atoms with E-state index in [1.165, 1.54) is 16.2 Å². The average molecular weight is 462 g/mol. The lowest BCUT2D eigenvalue weighted by molar-refractivity contribution is -0.120. The quantitative estimate of drug-likeness (QED) is 0.531. The molecule has 1 aromatic heterocycles. The van der Waals surface area contributed by atoms with Gasteiger partial charge in [0.25, 0.3) is 5.91 Å². The highest BCUT2D eigenvalue weighted by molar-refractivity contribution is 7.18. The van der Waals surface area contributed by atoms with E-state index in [1.54, 1.807) is 22.0 Å². The second kappa shape index (κ2) is 8.84. The van der Waals surface area contributed by atoms with E-state index >= 15 is 0 Å². The summed E-state index contributed by atoms with van der Waals surface area (Å²) in [7, 11) is 0. The Bertz CT molecular complexity index is 1040. The van der Waals surface area contributed by atoms with Crippen molar-refractivity contribution in [2.45, 2.75) is 0 Å². The molecule has 2 aliphatic heterocycles. The zero-order chi connectivity index (χ0) is 22.0. The molecule has 0 spiro atoms. The monoisotopic (exact) mass is 461 g/mol. The Morgan fingerprint density at radius 3 is 2.52 bits per heavy atom. The number of thiophene rings is 1. The third kappa shape index (κ3) is 4.74. The van der Waals surface area contributed by atoms with Crippen molar-refractivity contribution < 1.29 is 14.4 Å². The second-order valence-electron chi connectivity index (χ2n) is 6.87. The predicted molar refractivity (Wildman–Crippen MR) is 118 cm³/mol. The summed E-state index contributed by atoms with van der Waals surface area (Å²) < 4.78 is 0.566. The predicted octanol–water partition coefficient (Wildman–Crippen LogP) is 1.23. The van der Waals surface area contributed by atoms with Gasteiger partial charge in [-0.2, -0.15) is 0 Å². The van der Waals surface area contributed by atoms with Crippen molar-refractivity contribution in [2.75, 3.05) is 36.1 Å². The van der Waals surface area contributed by atoms with Gasteiger partial charge in [-0.1, -0.05) is 11.6 Å². The molecule has 3 heterocycles. The number of urea groups is 1. The van der Waals surface area contributed by atoms with Gasteiger partial charge in [0.1, 0.15) is 6.54 Å². The summed E-state index contributed by atoms with van der Waals surface area (Å²) in [6.07, 6.45) is 1.83. The fourth-order valence-corrected chi connectivity index (χ4v) is 4.17. The number of benzene rings is 1. The van der Waals surface area contributed by atoms with Gasteiger partial charge in [-0.25, -0.2) is 4.79 Å². The second-order valence-corrected chi connectivity index (χ2v) is 8.58. The SMILES string of the molecule is NC(=O)N1CCN(c2ccc(N3C=C(CNC(=O)c4ccc(Cl)s4)NN3)cc2)C(=O)C1. The van der Waals surface area contributed by atoms with Gasteiger partial charge < -0.3 is 26.3 Å². The molecule has 4 rings (SSSR count). The summed E-state index contributed by atoms with van der Waals surface area (Å²) in [5.74, 6) is -0.368. The smallest absolute Gasteiger partial charge is 0.315 e. The van der Waals surface area contributed by atoms with E-state index in [0.29, 0.717) is 28.8 Å². The first kappa shape index (κ1) is 21.0. The Hall–Kier alpha value is -3.28. The molecule has 0 aliphatic carbocycles. The molecule has 1 aromatic carbocycles. The molecule has 12 heteroatoms. The van der Waals surface area contributed by atoms with E-state index < -0.39 is 6.03 Å². The van der Waals surface area contributed by atoms with Crippen LogP contribution in [-0.4, -0.2) is 48.9 Å². The van der Waals surface area contributed by atoms with Crippen LogP contribution in [0.4, 0.5) is 16.2 Å². The van der Waals surface area contributed by atoms with Crippen LogP contribution in [-0.2, 0) is 4.79 Å². The number of halogens is 1. The summed E-state index contributed by atoms with van der Waals surface area (Å²) in [5, 5.41) is 4.59. The number of hydrogen-bond donors (Lipinski definition) is 4. The lowest BCUT2D eigenvalue weighted by Gasteiger charge is -2.33. The van der Waals surface area contributed by atoms with Gasteiger partial charge in [0.2, 0.25) is 5.91 Å². The van der Waals surface area contributed by atoms with Crippen LogP contribution in [0.25, 0.3) is 0 Å². The van der Waals surface area contributed by atoms with E-state index in [4.69, 9.17) is 17.3 Å². The van der Waals surface area contributed by atoms with Crippen molar-refractivity contribution in [1.82, 2.24) is 21.2 Å². The minimum absolute atomic E-state index is 0.0236. The number of nitrogens with zero attached hydrogens (tertiary/aromatic N) is 3. The molecule has 1 saturated heterocycles. The zero-order valence-electron chi connectivity index (χ0n) is 16.3. The summed E-state index contributed by atoms with van der Waals surface area (Å²) >= 11 is 7.09. The Morgan fingerprint density at radius 2 is 1.87 bits per heavy atom. The molecule has 31 heavy (non-hydrogen) atoms. The topological polar surface area (TPSA) is 123 Å². The van der Waals surface area contributed by atoms with Crippen molar-refractivity contribution in [3.05, 3.63) is 57.5 Å². The molecule has 2 aliphatic rings. The maximum absolute atomic E-state index is 12.3. The number of primary amides is 1. The Morgan fingerprint density at radius 1 is 1.13 bits per heavy atom. The van der Waals surface area contributed by atoms with Gasteiger partial charge in [-0.3, -0.25) is 14.6 Å². The number of anilines is 2. The van der Waals surface area contributed by atoms with E-state index in [1.807, 2.05) is 30.5 Å². The maximum atomic E-state index is 12.3. The van der Waals surface area contributed by atoms with Crippen molar-refractivity contribution in [1.29, 1.82) is 0 Å². The van der Waals surface area contributed by atoms with Gasteiger partial charge in [-0.05, 0) is 36.4 Å². The molecule has 1 fully saturated rings. The van der Waals surface area contributed by atoms with Crippen LogP contribution in [0.15, 0.2) is 48.3 Å². The van der Waals surface area contributed by atoms with E-state index in [2.05, 4.69) is 16.3 Å². The van der Waals surface area contributed by atoms with Gasteiger partial charge in [0.05, 0.1) is 27.1 Å². The standard InChI is InChI=1S/C19H20ClN7O3S/c20-16-6-5-15(31-16)18(29)22-9-12-10-27(24-23-12)14-3-1-13(2-4-14)26-8-7-25(19(21)30)11-17(26)28/h1-6,10,23-24H,7-9,11H2,(H2,21,30)(H,22,29). The Kier molecular flexibility index (Phi) is 5.98. The van der Waals surface area contributed by atoms with Crippen LogP contribution in [0.1, 0.15) is 9.67 Å². The number of amides is 4. The highest BCUT2D eigenvalue weighted by Gasteiger charge is 2.27. The van der Waals surface area contributed by atoms with Crippen molar-refractivity contribution in [2.24, 2.45) is 5.73 Å². The zero-order valence-corrected chi connectivity index (χ0v) is 17.9. The number of carbonyl (C=O) groups is 3. The molecule has 162 valence electrons. The highest BCUT2D eigenvalue weighted by atomic mass is 35.5. The van der Waals surface area contributed by atoms with E-state index in [0.717, 1.165) is 17.1 Å². The Labute approximate surface area is 187 Å². The largest absolute Gasteiger partial charge is 0.351 e. The van der Waals surface area contributed by atoms with Gasteiger partial charge >= 0.3 is 6.03 Å².